The lowest BCUT2D eigenvalue weighted by molar-refractivity contribution is 0.0601. The Hall–Kier alpha value is -1.92. The van der Waals surface area contributed by atoms with E-state index in [1.807, 2.05) is 0 Å². The summed E-state index contributed by atoms with van der Waals surface area (Å²) >= 11 is 7.24. The molecule has 0 radical (unpaired) electrons. The zero-order chi connectivity index (χ0) is 20.4. The van der Waals surface area contributed by atoms with Crippen LogP contribution in [0.3, 0.4) is 0 Å². The molecule has 3 rings (SSSR count). The van der Waals surface area contributed by atoms with Crippen molar-refractivity contribution >= 4 is 45.3 Å². The number of thiocarbonyl (C=S) groups is 1. The summed E-state index contributed by atoms with van der Waals surface area (Å²) in [6.07, 6.45) is 3.03. The highest BCUT2D eigenvalue weighted by molar-refractivity contribution is 7.80. The van der Waals surface area contributed by atoms with Crippen LogP contribution >= 0.6 is 23.6 Å². The first kappa shape index (κ1) is 20.8. The quantitative estimate of drug-likeness (QED) is 0.457. The molecule has 2 N–H and O–H groups in total. The zero-order valence-corrected chi connectivity index (χ0v) is 18.8. The van der Waals surface area contributed by atoms with Crippen molar-refractivity contribution in [3.05, 3.63) is 45.3 Å². The summed E-state index contributed by atoms with van der Waals surface area (Å²) in [6, 6.07) is 6.38. The fourth-order valence-electron chi connectivity index (χ4n) is 3.75. The molecule has 2 aromatic rings. The molecule has 0 atom stereocenters. The molecule has 0 unspecified atom stereocenters. The number of ether oxygens (including phenoxy) is 1. The van der Waals surface area contributed by atoms with Crippen LogP contribution in [0.1, 0.15) is 77.9 Å². The van der Waals surface area contributed by atoms with Crippen molar-refractivity contribution in [3.8, 4) is 0 Å². The standard InChI is InChI=1S/C22H28N2O2S2/c1-12(2)14-8-6-9-15(13(3)4)19(14)23-22(27)24-20-18(21(25)26-5)16-10-7-11-17(16)28-20/h6,8-9,12-13H,7,10-11H2,1-5H3,(H2,23,24,27). The first-order valence-electron chi connectivity index (χ1n) is 9.77. The second-order valence-electron chi connectivity index (χ2n) is 7.75. The van der Waals surface area contributed by atoms with Gasteiger partial charge in [-0.15, -0.1) is 11.3 Å². The topological polar surface area (TPSA) is 50.4 Å². The van der Waals surface area contributed by atoms with Crippen LogP contribution in [0.15, 0.2) is 18.2 Å². The summed E-state index contributed by atoms with van der Waals surface area (Å²) < 4.78 is 5.03. The maximum absolute atomic E-state index is 12.4. The number of hydrogen-bond donors (Lipinski definition) is 2. The zero-order valence-electron chi connectivity index (χ0n) is 17.1. The number of hydrogen-bond acceptors (Lipinski definition) is 4. The molecule has 1 aliphatic carbocycles. The molecule has 28 heavy (non-hydrogen) atoms. The fraction of sp³-hybridized carbons (Fsp3) is 0.455. The van der Waals surface area contributed by atoms with Crippen LogP contribution in [0.4, 0.5) is 10.7 Å². The monoisotopic (exact) mass is 416 g/mol. The van der Waals surface area contributed by atoms with Crippen LogP contribution in [-0.2, 0) is 17.6 Å². The molecule has 0 spiro atoms. The summed E-state index contributed by atoms with van der Waals surface area (Å²) in [7, 11) is 1.43. The lowest BCUT2D eigenvalue weighted by atomic mass is 9.93. The number of carbonyl (C=O) groups is 1. The molecular weight excluding hydrogens is 388 g/mol. The van der Waals surface area contributed by atoms with Crippen molar-refractivity contribution in [2.45, 2.75) is 58.8 Å². The smallest absolute Gasteiger partial charge is 0.341 e. The predicted octanol–water partition coefficient (Wildman–Crippen LogP) is 6.08. The molecule has 0 aliphatic heterocycles. The van der Waals surface area contributed by atoms with Crippen molar-refractivity contribution in [2.75, 3.05) is 17.7 Å². The Morgan fingerprint density at radius 3 is 2.32 bits per heavy atom. The van der Waals surface area contributed by atoms with E-state index in [9.17, 15) is 4.79 Å². The average molecular weight is 417 g/mol. The Morgan fingerprint density at radius 1 is 1.11 bits per heavy atom. The molecule has 0 saturated heterocycles. The Bertz CT molecular complexity index is 874. The van der Waals surface area contributed by atoms with Gasteiger partial charge in [0.15, 0.2) is 5.11 Å². The van der Waals surface area contributed by atoms with E-state index < -0.39 is 0 Å². The molecule has 6 heteroatoms. The summed E-state index contributed by atoms with van der Waals surface area (Å²) in [6.45, 7) is 8.72. The summed E-state index contributed by atoms with van der Waals surface area (Å²) in [5.41, 5.74) is 5.29. The van der Waals surface area contributed by atoms with Crippen molar-refractivity contribution in [3.63, 3.8) is 0 Å². The third-order valence-electron chi connectivity index (χ3n) is 5.15. The van der Waals surface area contributed by atoms with Crippen molar-refractivity contribution in [1.82, 2.24) is 0 Å². The maximum Gasteiger partial charge on any atom is 0.341 e. The van der Waals surface area contributed by atoms with Crippen molar-refractivity contribution < 1.29 is 9.53 Å². The lowest BCUT2D eigenvalue weighted by Gasteiger charge is -2.21. The van der Waals surface area contributed by atoms with Crippen molar-refractivity contribution in [2.24, 2.45) is 0 Å². The maximum atomic E-state index is 12.4. The van der Waals surface area contributed by atoms with Gasteiger partial charge in [0.2, 0.25) is 0 Å². The van der Waals surface area contributed by atoms with Gasteiger partial charge in [-0.3, -0.25) is 0 Å². The second kappa shape index (κ2) is 8.62. The van der Waals surface area contributed by atoms with Crippen LogP contribution in [0.2, 0.25) is 0 Å². The number of nitrogens with one attached hydrogen (secondary N) is 2. The van der Waals surface area contributed by atoms with Gasteiger partial charge in [0, 0.05) is 10.6 Å². The molecular formula is C22H28N2O2S2. The highest BCUT2D eigenvalue weighted by atomic mass is 32.1. The molecule has 1 aromatic carbocycles. The van der Waals surface area contributed by atoms with Gasteiger partial charge >= 0.3 is 5.97 Å². The second-order valence-corrected chi connectivity index (χ2v) is 9.27. The van der Waals surface area contributed by atoms with Gasteiger partial charge in [-0.2, -0.15) is 0 Å². The van der Waals surface area contributed by atoms with Gasteiger partial charge in [-0.1, -0.05) is 45.9 Å². The number of fused-ring (bicyclic) bond motifs is 1. The van der Waals surface area contributed by atoms with Gasteiger partial charge in [0.25, 0.3) is 0 Å². The fourth-order valence-corrected chi connectivity index (χ4v) is 5.30. The summed E-state index contributed by atoms with van der Waals surface area (Å²) in [4.78, 5) is 13.6. The molecule has 0 amide bonds. The predicted molar refractivity (Wildman–Crippen MR) is 122 cm³/mol. The van der Waals surface area contributed by atoms with Crippen LogP contribution in [0, 0.1) is 0 Å². The van der Waals surface area contributed by atoms with E-state index in [0.717, 1.165) is 35.5 Å². The first-order valence-corrected chi connectivity index (χ1v) is 11.0. The molecule has 0 saturated carbocycles. The number of esters is 1. The van der Waals surface area contributed by atoms with E-state index in [1.54, 1.807) is 11.3 Å². The molecule has 1 heterocycles. The minimum absolute atomic E-state index is 0.296. The normalized spacial score (nSPS) is 13.0. The van der Waals surface area contributed by atoms with Gasteiger partial charge in [0.05, 0.1) is 12.7 Å². The van der Waals surface area contributed by atoms with Gasteiger partial charge in [0.1, 0.15) is 5.00 Å². The minimum Gasteiger partial charge on any atom is -0.465 e. The van der Waals surface area contributed by atoms with Crippen LogP contribution in [0.25, 0.3) is 0 Å². The van der Waals surface area contributed by atoms with E-state index in [2.05, 4.69) is 56.5 Å². The number of thiophene rings is 1. The van der Waals surface area contributed by atoms with E-state index in [-0.39, 0.29) is 5.97 Å². The highest BCUT2D eigenvalue weighted by Gasteiger charge is 2.27. The highest BCUT2D eigenvalue weighted by Crippen LogP contribution is 2.40. The Labute approximate surface area is 176 Å². The Balaban J connectivity index is 1.89. The molecule has 150 valence electrons. The number of para-hydroxylation sites is 1. The third-order valence-corrected chi connectivity index (χ3v) is 6.56. The molecule has 1 aliphatic rings. The van der Waals surface area contributed by atoms with Crippen LogP contribution in [-0.4, -0.2) is 18.2 Å². The van der Waals surface area contributed by atoms with E-state index in [1.165, 1.54) is 23.1 Å². The van der Waals surface area contributed by atoms with Crippen LogP contribution < -0.4 is 10.6 Å². The Kier molecular flexibility index (Phi) is 6.40. The summed E-state index contributed by atoms with van der Waals surface area (Å²) in [5.74, 6) is 0.454. The largest absolute Gasteiger partial charge is 0.465 e. The van der Waals surface area contributed by atoms with E-state index in [4.69, 9.17) is 17.0 Å². The average Bonchev–Trinajstić information content (AvgIpc) is 3.21. The number of benzene rings is 1. The van der Waals surface area contributed by atoms with E-state index in [0.29, 0.717) is 22.5 Å². The first-order chi connectivity index (χ1) is 13.3. The van der Waals surface area contributed by atoms with Gasteiger partial charge in [-0.25, -0.2) is 4.79 Å². The lowest BCUT2D eigenvalue weighted by Crippen LogP contribution is -2.22. The third kappa shape index (κ3) is 4.08. The Morgan fingerprint density at radius 2 is 1.75 bits per heavy atom. The van der Waals surface area contributed by atoms with Crippen LogP contribution in [0.5, 0.6) is 0 Å². The number of anilines is 2. The number of methoxy groups -OCH3 is 1. The SMILES string of the molecule is COC(=O)c1c(NC(=S)Nc2c(C(C)C)cccc2C(C)C)sc2c1CCC2. The van der Waals surface area contributed by atoms with E-state index >= 15 is 0 Å². The summed E-state index contributed by atoms with van der Waals surface area (Å²) in [5, 5.41) is 7.97. The molecule has 0 bridgehead atoms. The minimum atomic E-state index is -0.296. The molecule has 1 aromatic heterocycles. The number of carbonyl (C=O) groups excluding carboxylic acids is 1. The molecule has 4 nitrogen and oxygen atoms in total. The van der Waals surface area contributed by atoms with Gasteiger partial charge < -0.3 is 15.4 Å². The van der Waals surface area contributed by atoms with Crippen molar-refractivity contribution in [1.29, 1.82) is 0 Å². The molecule has 0 fully saturated rings. The number of aryl methyl sites for hydroxylation is 1. The van der Waals surface area contributed by atoms with Gasteiger partial charge in [-0.05, 0) is 60.0 Å². The number of rotatable bonds is 5.